The van der Waals surface area contributed by atoms with E-state index in [0.29, 0.717) is 37.4 Å². The van der Waals surface area contributed by atoms with Gasteiger partial charge in [0.1, 0.15) is 11.4 Å². The highest BCUT2D eigenvalue weighted by molar-refractivity contribution is 6.02. The number of aromatic nitrogens is 1. The summed E-state index contributed by atoms with van der Waals surface area (Å²) in [4.78, 5) is 31.2. The summed E-state index contributed by atoms with van der Waals surface area (Å²) in [5.74, 6) is -0.112. The Balaban J connectivity index is 1.28. The van der Waals surface area contributed by atoms with Crippen molar-refractivity contribution in [1.29, 1.82) is 0 Å². The van der Waals surface area contributed by atoms with Crippen LogP contribution in [0.4, 0.5) is 5.69 Å². The molecule has 0 bridgehead atoms. The molecule has 1 aromatic carbocycles. The molecule has 2 amide bonds. The minimum Gasteiger partial charge on any atom is -0.370 e. The van der Waals surface area contributed by atoms with Gasteiger partial charge in [-0.3, -0.25) is 14.6 Å². The Bertz CT molecular complexity index is 924. The number of pyridine rings is 1. The number of hydrogen-bond donors (Lipinski definition) is 2. The summed E-state index contributed by atoms with van der Waals surface area (Å²) in [6, 6.07) is 12.9. The number of nitrogens with one attached hydrogen (secondary N) is 2. The molecule has 0 saturated carbocycles. The molecule has 3 aliphatic heterocycles. The van der Waals surface area contributed by atoms with E-state index in [2.05, 4.69) is 15.6 Å². The SMILES string of the molecule is O=C1NC2(COC3(CCN(C(=O)c4ccccn4)CC3)C2)Nc2ccccc21. The predicted octanol–water partition coefficient (Wildman–Crippen LogP) is 2.03. The number of hydrogen-bond acceptors (Lipinski definition) is 5. The number of nitrogens with zero attached hydrogens (tertiary/aromatic N) is 2. The second-order valence-electron chi connectivity index (χ2n) is 7.86. The van der Waals surface area contributed by atoms with Crippen molar-refractivity contribution >= 4 is 17.5 Å². The van der Waals surface area contributed by atoms with E-state index in [4.69, 9.17) is 4.74 Å². The van der Waals surface area contributed by atoms with E-state index in [9.17, 15) is 9.59 Å². The van der Waals surface area contributed by atoms with Gasteiger partial charge in [0.2, 0.25) is 0 Å². The normalized spacial score (nSPS) is 25.3. The maximum Gasteiger partial charge on any atom is 0.272 e. The van der Waals surface area contributed by atoms with Crippen LogP contribution in [0.2, 0.25) is 0 Å². The Morgan fingerprint density at radius 1 is 1.07 bits per heavy atom. The predicted molar refractivity (Wildman–Crippen MR) is 103 cm³/mol. The van der Waals surface area contributed by atoms with Crippen LogP contribution in [-0.2, 0) is 4.74 Å². The average Bonchev–Trinajstić information content (AvgIpc) is 3.05. The number of piperidine rings is 1. The summed E-state index contributed by atoms with van der Waals surface area (Å²) in [6.07, 6.45) is 3.81. The van der Waals surface area contributed by atoms with E-state index < -0.39 is 5.66 Å². The van der Waals surface area contributed by atoms with Gasteiger partial charge in [0.15, 0.2) is 0 Å². The highest BCUT2D eigenvalue weighted by Gasteiger charge is 2.53. The number of carbonyl (C=O) groups excluding carboxylic acids is 2. The van der Waals surface area contributed by atoms with Gasteiger partial charge in [-0.15, -0.1) is 0 Å². The molecular weight excluding hydrogens is 356 g/mol. The summed E-state index contributed by atoms with van der Waals surface area (Å²) < 4.78 is 6.24. The topological polar surface area (TPSA) is 83.6 Å². The van der Waals surface area contributed by atoms with Gasteiger partial charge >= 0.3 is 0 Å². The van der Waals surface area contributed by atoms with Crippen LogP contribution in [0.25, 0.3) is 0 Å². The highest BCUT2D eigenvalue weighted by atomic mass is 16.5. The van der Waals surface area contributed by atoms with Crippen LogP contribution in [-0.4, -0.2) is 52.7 Å². The number of benzene rings is 1. The average molecular weight is 378 g/mol. The summed E-state index contributed by atoms with van der Waals surface area (Å²) in [7, 11) is 0. The summed E-state index contributed by atoms with van der Waals surface area (Å²) in [5, 5.41) is 6.60. The third-order valence-electron chi connectivity index (χ3n) is 5.99. The molecule has 4 heterocycles. The van der Waals surface area contributed by atoms with E-state index in [1.54, 1.807) is 18.3 Å². The maximum absolute atomic E-state index is 12.6. The molecule has 28 heavy (non-hydrogen) atoms. The van der Waals surface area contributed by atoms with Crippen molar-refractivity contribution in [3.05, 3.63) is 59.9 Å². The first-order chi connectivity index (χ1) is 13.6. The van der Waals surface area contributed by atoms with E-state index in [0.717, 1.165) is 18.5 Å². The molecule has 1 atom stereocenters. The van der Waals surface area contributed by atoms with Gasteiger partial charge in [0.05, 0.1) is 17.8 Å². The number of anilines is 1. The molecule has 0 radical (unpaired) electrons. The van der Waals surface area contributed by atoms with E-state index >= 15 is 0 Å². The molecule has 7 heteroatoms. The van der Waals surface area contributed by atoms with Gasteiger partial charge in [0.25, 0.3) is 11.8 Å². The Morgan fingerprint density at radius 2 is 1.86 bits per heavy atom. The molecule has 2 N–H and O–H groups in total. The summed E-state index contributed by atoms with van der Waals surface area (Å²) in [6.45, 7) is 1.66. The Labute approximate surface area is 163 Å². The lowest BCUT2D eigenvalue weighted by Gasteiger charge is -2.41. The Morgan fingerprint density at radius 3 is 2.64 bits per heavy atom. The zero-order chi connectivity index (χ0) is 19.2. The highest BCUT2D eigenvalue weighted by Crippen LogP contribution is 2.42. The fraction of sp³-hybridized carbons (Fsp3) is 0.381. The number of amides is 2. The standard InChI is InChI=1S/C21H22N4O3/c26-18-15-5-1-2-6-16(15)23-21(24-18)13-20(28-14-21)8-11-25(12-9-20)19(27)17-7-3-4-10-22-17/h1-7,10,23H,8-9,11-14H2,(H,24,26). The van der Waals surface area contributed by atoms with Gasteiger partial charge in [-0.25, -0.2) is 0 Å². The van der Waals surface area contributed by atoms with Gasteiger partial charge in [-0.05, 0) is 37.1 Å². The second kappa shape index (κ2) is 6.31. The van der Waals surface area contributed by atoms with Crippen molar-refractivity contribution in [3.63, 3.8) is 0 Å². The first-order valence-electron chi connectivity index (χ1n) is 9.62. The zero-order valence-electron chi connectivity index (χ0n) is 15.5. The van der Waals surface area contributed by atoms with Crippen molar-refractivity contribution in [2.24, 2.45) is 0 Å². The molecule has 5 rings (SSSR count). The number of rotatable bonds is 1. The molecule has 144 valence electrons. The molecule has 2 spiro atoms. The summed E-state index contributed by atoms with van der Waals surface area (Å²) in [5.41, 5.74) is 1.06. The lowest BCUT2D eigenvalue weighted by molar-refractivity contribution is -0.0394. The van der Waals surface area contributed by atoms with Crippen molar-refractivity contribution < 1.29 is 14.3 Å². The first kappa shape index (κ1) is 17.2. The molecule has 1 unspecified atom stereocenters. The Kier molecular flexibility index (Phi) is 3.87. The second-order valence-corrected chi connectivity index (χ2v) is 7.86. The number of likely N-dealkylation sites (tertiary alicyclic amines) is 1. The van der Waals surface area contributed by atoms with Crippen LogP contribution in [0.5, 0.6) is 0 Å². The monoisotopic (exact) mass is 378 g/mol. The largest absolute Gasteiger partial charge is 0.370 e. The van der Waals surface area contributed by atoms with E-state index in [1.807, 2.05) is 35.2 Å². The molecule has 7 nitrogen and oxygen atoms in total. The molecule has 2 fully saturated rings. The molecule has 0 aliphatic carbocycles. The van der Waals surface area contributed by atoms with Crippen molar-refractivity contribution in [3.8, 4) is 0 Å². The van der Waals surface area contributed by atoms with Crippen molar-refractivity contribution in [2.45, 2.75) is 30.5 Å². The smallest absolute Gasteiger partial charge is 0.272 e. The van der Waals surface area contributed by atoms with Gasteiger partial charge in [0, 0.05) is 31.4 Å². The number of carbonyl (C=O) groups is 2. The van der Waals surface area contributed by atoms with Crippen molar-refractivity contribution in [2.75, 3.05) is 25.0 Å². The van der Waals surface area contributed by atoms with Gasteiger partial charge in [-0.1, -0.05) is 18.2 Å². The zero-order valence-corrected chi connectivity index (χ0v) is 15.5. The van der Waals surface area contributed by atoms with E-state index in [1.165, 1.54) is 0 Å². The lowest BCUT2D eigenvalue weighted by Crippen LogP contribution is -2.59. The number of fused-ring (bicyclic) bond motifs is 1. The number of para-hydroxylation sites is 1. The number of ether oxygens (including phenoxy) is 1. The Hall–Kier alpha value is -2.93. The minimum atomic E-state index is -0.585. The lowest BCUT2D eigenvalue weighted by atomic mass is 9.84. The van der Waals surface area contributed by atoms with Crippen molar-refractivity contribution in [1.82, 2.24) is 15.2 Å². The molecule has 1 aromatic heterocycles. The van der Waals surface area contributed by atoms with Crippen LogP contribution in [0.1, 0.15) is 40.1 Å². The molecular formula is C21H22N4O3. The van der Waals surface area contributed by atoms with Crippen LogP contribution >= 0.6 is 0 Å². The molecule has 3 aliphatic rings. The van der Waals surface area contributed by atoms with E-state index in [-0.39, 0.29) is 17.4 Å². The van der Waals surface area contributed by atoms with Crippen LogP contribution < -0.4 is 10.6 Å². The van der Waals surface area contributed by atoms with Gasteiger partial charge in [-0.2, -0.15) is 0 Å². The van der Waals surface area contributed by atoms with Crippen LogP contribution in [0.15, 0.2) is 48.7 Å². The first-order valence-corrected chi connectivity index (χ1v) is 9.62. The van der Waals surface area contributed by atoms with Gasteiger partial charge < -0.3 is 20.3 Å². The van der Waals surface area contributed by atoms with Crippen LogP contribution in [0.3, 0.4) is 0 Å². The fourth-order valence-electron chi connectivity index (χ4n) is 4.54. The molecule has 2 saturated heterocycles. The maximum atomic E-state index is 12.6. The third-order valence-corrected chi connectivity index (χ3v) is 5.99. The third kappa shape index (κ3) is 2.82. The quantitative estimate of drug-likeness (QED) is 0.793. The van der Waals surface area contributed by atoms with Crippen LogP contribution in [0, 0.1) is 0 Å². The fourth-order valence-corrected chi connectivity index (χ4v) is 4.54. The molecule has 2 aromatic rings. The summed E-state index contributed by atoms with van der Waals surface area (Å²) >= 11 is 0. The minimum absolute atomic E-state index is 0.0406.